The molecule has 3 heteroatoms. The number of nitrogens with zero attached hydrogens (tertiary/aromatic N) is 1. The summed E-state index contributed by atoms with van der Waals surface area (Å²) < 4.78 is 0. The maximum Gasteiger partial charge on any atom is 0.150 e. The van der Waals surface area contributed by atoms with Crippen molar-refractivity contribution < 1.29 is 0 Å². The van der Waals surface area contributed by atoms with E-state index < -0.39 is 0 Å². The Bertz CT molecular complexity index is 532. The van der Waals surface area contributed by atoms with Crippen molar-refractivity contribution in [2.24, 2.45) is 10.8 Å². The molecule has 0 fully saturated rings. The lowest BCUT2D eigenvalue weighted by molar-refractivity contribution is 0.739. The van der Waals surface area contributed by atoms with E-state index in [0.717, 1.165) is 5.56 Å². The minimum atomic E-state index is 0.504. The molecule has 3 nitrogen and oxygen atoms in total. The molecular formula is C15H17N3. The first-order chi connectivity index (χ1) is 8.77. The molecule has 2 aromatic rings. The first-order valence-electron chi connectivity index (χ1n) is 5.93. The molecule has 0 saturated carbocycles. The van der Waals surface area contributed by atoms with E-state index in [4.69, 9.17) is 5.73 Å². The van der Waals surface area contributed by atoms with Crippen molar-refractivity contribution in [1.29, 1.82) is 0 Å². The summed E-state index contributed by atoms with van der Waals surface area (Å²) in [5.41, 5.74) is 12.3. The molecule has 0 aromatic heterocycles. The third kappa shape index (κ3) is 3.10. The van der Waals surface area contributed by atoms with E-state index in [1.807, 2.05) is 42.5 Å². The lowest BCUT2D eigenvalue weighted by Crippen LogP contribution is -2.19. The van der Waals surface area contributed by atoms with Crippen LogP contribution in [-0.2, 0) is 6.54 Å². The number of hydrogen-bond donors (Lipinski definition) is 2. The molecule has 92 valence electrons. The number of rotatable bonds is 4. The highest BCUT2D eigenvalue weighted by atomic mass is 15.3. The number of benzene rings is 2. The normalized spacial score (nSPS) is 11.3. The highest BCUT2D eigenvalue weighted by molar-refractivity contribution is 5.97. The zero-order valence-corrected chi connectivity index (χ0v) is 10.4. The van der Waals surface area contributed by atoms with Gasteiger partial charge < -0.3 is 11.2 Å². The average molecular weight is 239 g/mol. The van der Waals surface area contributed by atoms with Crippen molar-refractivity contribution in [2.75, 3.05) is 0 Å². The molecule has 0 spiro atoms. The van der Waals surface area contributed by atoms with Gasteiger partial charge in [0.15, 0.2) is 5.84 Å². The monoisotopic (exact) mass is 239 g/mol. The van der Waals surface area contributed by atoms with E-state index in [9.17, 15) is 0 Å². The van der Waals surface area contributed by atoms with E-state index in [2.05, 4.69) is 29.6 Å². The molecule has 0 heterocycles. The third-order valence-corrected chi connectivity index (χ3v) is 2.80. The van der Waals surface area contributed by atoms with Gasteiger partial charge in [0, 0.05) is 5.56 Å². The Labute approximate surface area is 107 Å². The van der Waals surface area contributed by atoms with E-state index in [1.165, 1.54) is 11.1 Å². The lowest BCUT2D eigenvalue weighted by Gasteiger charge is -2.06. The Morgan fingerprint density at radius 3 is 2.44 bits per heavy atom. The van der Waals surface area contributed by atoms with Crippen LogP contribution in [0.5, 0.6) is 0 Å². The van der Waals surface area contributed by atoms with Gasteiger partial charge in [-0.2, -0.15) is 5.10 Å². The Morgan fingerprint density at radius 1 is 1.06 bits per heavy atom. The minimum absolute atomic E-state index is 0.504. The Morgan fingerprint density at radius 2 is 1.72 bits per heavy atom. The average Bonchev–Trinajstić information content (AvgIpc) is 2.42. The van der Waals surface area contributed by atoms with Crippen molar-refractivity contribution in [3.05, 3.63) is 71.3 Å². The number of nitrogens with one attached hydrogen (secondary N) is 1. The number of hydrogen-bond acceptors (Lipinski definition) is 2. The van der Waals surface area contributed by atoms with Gasteiger partial charge in [0.2, 0.25) is 0 Å². The highest BCUT2D eigenvalue weighted by Gasteiger charge is 1.97. The van der Waals surface area contributed by atoms with E-state index >= 15 is 0 Å². The van der Waals surface area contributed by atoms with Gasteiger partial charge in [-0.15, -0.1) is 0 Å². The van der Waals surface area contributed by atoms with Crippen LogP contribution in [0.25, 0.3) is 0 Å². The molecule has 0 unspecified atom stereocenters. The lowest BCUT2D eigenvalue weighted by atomic mass is 10.1. The number of hydrazone groups is 1. The predicted octanol–water partition coefficient (Wildman–Crippen LogP) is 2.41. The number of nitrogens with two attached hydrogens (primary N) is 1. The molecule has 0 atom stereocenters. The van der Waals surface area contributed by atoms with Gasteiger partial charge in [-0.25, -0.2) is 0 Å². The molecule has 2 aromatic carbocycles. The molecule has 0 radical (unpaired) electrons. The number of aryl methyl sites for hydroxylation is 1. The fraction of sp³-hybridized carbons (Fsp3) is 0.133. The summed E-state index contributed by atoms with van der Waals surface area (Å²) >= 11 is 0. The Hall–Kier alpha value is -2.29. The molecule has 3 N–H and O–H groups in total. The van der Waals surface area contributed by atoms with Crippen molar-refractivity contribution in [3.63, 3.8) is 0 Å². The van der Waals surface area contributed by atoms with Crippen LogP contribution in [0.3, 0.4) is 0 Å². The largest absolute Gasteiger partial charge is 0.382 e. The van der Waals surface area contributed by atoms with Gasteiger partial charge >= 0.3 is 0 Å². The van der Waals surface area contributed by atoms with Crippen LogP contribution in [0.4, 0.5) is 0 Å². The van der Waals surface area contributed by atoms with Crippen molar-refractivity contribution in [1.82, 2.24) is 5.43 Å². The predicted molar refractivity (Wildman–Crippen MR) is 75.2 cm³/mol. The maximum atomic E-state index is 5.88. The highest BCUT2D eigenvalue weighted by Crippen LogP contribution is 2.06. The van der Waals surface area contributed by atoms with Crippen molar-refractivity contribution in [3.8, 4) is 0 Å². The van der Waals surface area contributed by atoms with Crippen LogP contribution in [0.15, 0.2) is 59.7 Å². The standard InChI is InChI=1S/C15H17N3/c1-12-7-5-6-10-14(12)11-17-18-15(16)13-8-3-2-4-9-13/h2-10,17H,11H2,1H3,(H2,16,18). The fourth-order valence-corrected chi connectivity index (χ4v) is 1.69. The molecule has 0 aliphatic rings. The van der Waals surface area contributed by atoms with Crippen LogP contribution < -0.4 is 11.2 Å². The zero-order chi connectivity index (χ0) is 12.8. The van der Waals surface area contributed by atoms with Gasteiger partial charge in [-0.05, 0) is 18.1 Å². The summed E-state index contributed by atoms with van der Waals surface area (Å²) in [6.07, 6.45) is 0. The molecule has 2 rings (SSSR count). The molecule has 0 saturated heterocycles. The second kappa shape index (κ2) is 5.87. The second-order valence-electron chi connectivity index (χ2n) is 4.12. The first-order valence-corrected chi connectivity index (χ1v) is 5.93. The second-order valence-corrected chi connectivity index (χ2v) is 4.12. The van der Waals surface area contributed by atoms with Crippen LogP contribution in [-0.4, -0.2) is 5.84 Å². The van der Waals surface area contributed by atoms with E-state index in [-0.39, 0.29) is 0 Å². The molecule has 0 aliphatic heterocycles. The van der Waals surface area contributed by atoms with E-state index in [1.54, 1.807) is 0 Å². The fourth-order valence-electron chi connectivity index (χ4n) is 1.69. The van der Waals surface area contributed by atoms with Crippen LogP contribution in [0, 0.1) is 6.92 Å². The van der Waals surface area contributed by atoms with Gasteiger partial charge in [-0.3, -0.25) is 0 Å². The van der Waals surface area contributed by atoms with Crippen LogP contribution in [0.2, 0.25) is 0 Å². The summed E-state index contributed by atoms with van der Waals surface area (Å²) in [5, 5.41) is 4.18. The van der Waals surface area contributed by atoms with Gasteiger partial charge in [0.1, 0.15) is 0 Å². The molecule has 0 aliphatic carbocycles. The molecule has 0 bridgehead atoms. The van der Waals surface area contributed by atoms with Gasteiger partial charge in [0.25, 0.3) is 0 Å². The number of amidine groups is 1. The molecular weight excluding hydrogens is 222 g/mol. The topological polar surface area (TPSA) is 50.4 Å². The Kier molecular flexibility index (Phi) is 3.97. The third-order valence-electron chi connectivity index (χ3n) is 2.80. The minimum Gasteiger partial charge on any atom is -0.382 e. The van der Waals surface area contributed by atoms with Crippen LogP contribution >= 0.6 is 0 Å². The smallest absolute Gasteiger partial charge is 0.150 e. The Balaban J connectivity index is 1.98. The first kappa shape index (κ1) is 12.2. The van der Waals surface area contributed by atoms with Crippen LogP contribution in [0.1, 0.15) is 16.7 Å². The quantitative estimate of drug-likeness (QED) is 0.489. The van der Waals surface area contributed by atoms with Gasteiger partial charge in [0.05, 0.1) is 6.54 Å². The summed E-state index contributed by atoms with van der Waals surface area (Å²) in [5.74, 6) is 0.504. The van der Waals surface area contributed by atoms with E-state index in [0.29, 0.717) is 12.4 Å². The van der Waals surface area contributed by atoms with Crippen molar-refractivity contribution in [2.45, 2.75) is 13.5 Å². The van der Waals surface area contributed by atoms with Crippen molar-refractivity contribution >= 4 is 5.84 Å². The zero-order valence-electron chi connectivity index (χ0n) is 10.4. The summed E-state index contributed by atoms with van der Waals surface area (Å²) in [6, 6.07) is 17.9. The molecule has 18 heavy (non-hydrogen) atoms. The summed E-state index contributed by atoms with van der Waals surface area (Å²) in [4.78, 5) is 0. The summed E-state index contributed by atoms with van der Waals surface area (Å²) in [7, 11) is 0. The maximum absolute atomic E-state index is 5.88. The van der Waals surface area contributed by atoms with Gasteiger partial charge in [-0.1, -0.05) is 54.6 Å². The summed E-state index contributed by atoms with van der Waals surface area (Å²) in [6.45, 7) is 2.77. The molecule has 0 amide bonds. The SMILES string of the molecule is Cc1ccccc1CN/N=C(\N)c1ccccc1.